The third-order valence-electron chi connectivity index (χ3n) is 4.19. The lowest BCUT2D eigenvalue weighted by atomic mass is 10.0. The third kappa shape index (κ3) is 3.62. The molecular weight excluding hydrogens is 350 g/mol. The van der Waals surface area contributed by atoms with Gasteiger partial charge in [0.2, 0.25) is 20.0 Å². The first-order valence-corrected chi connectivity index (χ1v) is 10.5. The average molecular weight is 371 g/mol. The van der Waals surface area contributed by atoms with Crippen molar-refractivity contribution in [1.29, 1.82) is 5.26 Å². The minimum Gasteiger partial charge on any atom is -0.207 e. The Labute approximate surface area is 143 Å². The Bertz CT molecular complexity index is 836. The predicted octanol–water partition coefficient (Wildman–Crippen LogP) is 1.25. The number of rotatable bonds is 5. The first kappa shape index (κ1) is 18.9. The van der Waals surface area contributed by atoms with Crippen molar-refractivity contribution < 1.29 is 16.8 Å². The molecule has 1 aliphatic rings. The first-order valence-electron chi connectivity index (χ1n) is 7.63. The van der Waals surface area contributed by atoms with Gasteiger partial charge in [-0.3, -0.25) is 0 Å². The molecule has 0 bridgehead atoms. The van der Waals surface area contributed by atoms with Crippen LogP contribution in [0.5, 0.6) is 0 Å². The van der Waals surface area contributed by atoms with Crippen LogP contribution >= 0.6 is 0 Å². The number of nitriles is 1. The van der Waals surface area contributed by atoms with Gasteiger partial charge < -0.3 is 0 Å². The largest absolute Gasteiger partial charge is 0.245 e. The van der Waals surface area contributed by atoms with Crippen LogP contribution in [0.1, 0.15) is 19.8 Å². The van der Waals surface area contributed by atoms with Crippen LogP contribution in [0, 0.1) is 17.2 Å². The maximum atomic E-state index is 12.9. The molecule has 1 fully saturated rings. The summed E-state index contributed by atoms with van der Waals surface area (Å²) in [7, 11) is -6.71. The summed E-state index contributed by atoms with van der Waals surface area (Å²) in [5.74, 6) is 0.456. The molecule has 0 radical (unpaired) electrons. The lowest BCUT2D eigenvalue weighted by Gasteiger charge is -2.30. The van der Waals surface area contributed by atoms with E-state index in [2.05, 4.69) is 6.92 Å². The van der Waals surface area contributed by atoms with E-state index in [-0.39, 0.29) is 16.3 Å². The number of nitrogens with zero attached hydrogens (tertiary/aromatic N) is 3. The van der Waals surface area contributed by atoms with E-state index in [0.717, 1.165) is 17.1 Å². The molecule has 0 amide bonds. The maximum Gasteiger partial charge on any atom is 0.245 e. The Balaban J connectivity index is 2.48. The van der Waals surface area contributed by atoms with E-state index in [1.165, 1.54) is 35.6 Å². The fraction of sp³-hybridized carbons (Fsp3) is 0.533. The highest BCUT2D eigenvalue weighted by atomic mass is 32.2. The maximum absolute atomic E-state index is 12.9. The first-order chi connectivity index (χ1) is 11.2. The Morgan fingerprint density at radius 1 is 1.17 bits per heavy atom. The molecule has 0 saturated carbocycles. The van der Waals surface area contributed by atoms with Gasteiger partial charge in [0.05, 0.1) is 6.07 Å². The van der Waals surface area contributed by atoms with Crippen LogP contribution in [0.15, 0.2) is 34.1 Å². The molecule has 1 aromatic carbocycles. The van der Waals surface area contributed by atoms with Crippen molar-refractivity contribution in [3.63, 3.8) is 0 Å². The van der Waals surface area contributed by atoms with Gasteiger partial charge in [0.25, 0.3) is 0 Å². The Hall–Kier alpha value is -1.47. The van der Waals surface area contributed by atoms with Gasteiger partial charge in [-0.05, 0) is 30.9 Å². The van der Waals surface area contributed by atoms with Crippen LogP contribution in [0.2, 0.25) is 0 Å². The minimum absolute atomic E-state index is 0.232. The number of hydrogen-bond acceptors (Lipinski definition) is 5. The van der Waals surface area contributed by atoms with Crippen LogP contribution in [0.4, 0.5) is 0 Å². The Morgan fingerprint density at radius 3 is 2.25 bits per heavy atom. The zero-order valence-electron chi connectivity index (χ0n) is 13.7. The van der Waals surface area contributed by atoms with Crippen molar-refractivity contribution >= 4 is 20.0 Å². The van der Waals surface area contributed by atoms with E-state index >= 15 is 0 Å². The van der Waals surface area contributed by atoms with Gasteiger partial charge in [-0.1, -0.05) is 19.1 Å². The number of piperidine rings is 1. The van der Waals surface area contributed by atoms with Gasteiger partial charge in [0, 0.05) is 20.1 Å². The molecule has 2 rings (SSSR count). The molecule has 24 heavy (non-hydrogen) atoms. The molecule has 1 aromatic rings. The van der Waals surface area contributed by atoms with E-state index < -0.39 is 20.0 Å². The van der Waals surface area contributed by atoms with E-state index in [9.17, 15) is 16.8 Å². The summed E-state index contributed by atoms with van der Waals surface area (Å²) in [6.07, 6.45) is 1.50. The summed E-state index contributed by atoms with van der Waals surface area (Å²) in [6, 6.07) is 7.31. The summed E-state index contributed by atoms with van der Waals surface area (Å²) in [5, 5.41) is 8.72. The minimum atomic E-state index is -4.06. The van der Waals surface area contributed by atoms with Gasteiger partial charge in [-0.15, -0.1) is 0 Å². The summed E-state index contributed by atoms with van der Waals surface area (Å²) < 4.78 is 53.3. The summed E-state index contributed by atoms with van der Waals surface area (Å²) in [4.78, 5) is -0.522. The summed E-state index contributed by atoms with van der Waals surface area (Å²) in [5.41, 5.74) is 0. The van der Waals surface area contributed by atoms with Gasteiger partial charge in [-0.25, -0.2) is 16.8 Å². The van der Waals surface area contributed by atoms with E-state index in [4.69, 9.17) is 5.26 Å². The number of hydrogen-bond donors (Lipinski definition) is 0. The van der Waals surface area contributed by atoms with Gasteiger partial charge in [0.15, 0.2) is 0 Å². The normalized spacial score (nSPS) is 17.8. The highest BCUT2D eigenvalue weighted by Crippen LogP contribution is 2.29. The smallest absolute Gasteiger partial charge is 0.207 e. The van der Waals surface area contributed by atoms with Crippen LogP contribution in [-0.2, 0) is 20.0 Å². The highest BCUT2D eigenvalue weighted by Gasteiger charge is 2.34. The number of benzene rings is 1. The second-order valence-corrected chi connectivity index (χ2v) is 9.87. The quantitative estimate of drug-likeness (QED) is 0.726. The molecule has 0 atom stereocenters. The van der Waals surface area contributed by atoms with Crippen LogP contribution < -0.4 is 0 Å². The molecule has 9 heteroatoms. The molecule has 132 valence electrons. The van der Waals surface area contributed by atoms with E-state index in [1.807, 2.05) is 0 Å². The second-order valence-electron chi connectivity index (χ2n) is 5.95. The number of sulfonamides is 2. The average Bonchev–Trinajstić information content (AvgIpc) is 2.55. The summed E-state index contributed by atoms with van der Waals surface area (Å²) in [6.45, 7) is 2.48. The van der Waals surface area contributed by atoms with Gasteiger partial charge in [0.1, 0.15) is 16.3 Å². The lowest BCUT2D eigenvalue weighted by molar-refractivity contribution is 0.287. The van der Waals surface area contributed by atoms with E-state index in [0.29, 0.717) is 19.0 Å². The monoisotopic (exact) mass is 371 g/mol. The molecule has 1 saturated heterocycles. The standard InChI is InChI=1S/C15H21N3O4S2/c1-13-7-10-18(11-8-13)24(21,22)15-6-4-3-5-14(15)23(19,20)17(2)12-9-16/h3-6,13H,7-8,10-12H2,1-2H3. The van der Waals surface area contributed by atoms with Crippen molar-refractivity contribution in [2.45, 2.75) is 29.6 Å². The topological polar surface area (TPSA) is 98.6 Å². The fourth-order valence-electron chi connectivity index (χ4n) is 2.59. The van der Waals surface area contributed by atoms with Crippen LogP contribution in [-0.4, -0.2) is 52.1 Å². The van der Waals surface area contributed by atoms with Crippen molar-refractivity contribution in [3.8, 4) is 6.07 Å². The van der Waals surface area contributed by atoms with Crippen molar-refractivity contribution in [2.24, 2.45) is 5.92 Å². The Morgan fingerprint density at radius 2 is 1.71 bits per heavy atom. The molecule has 0 unspecified atom stereocenters. The molecule has 0 aliphatic carbocycles. The molecule has 1 aliphatic heterocycles. The van der Waals surface area contributed by atoms with E-state index in [1.54, 1.807) is 6.07 Å². The molecule has 0 N–H and O–H groups in total. The highest BCUT2D eigenvalue weighted by molar-refractivity contribution is 7.92. The lowest BCUT2D eigenvalue weighted by Crippen LogP contribution is -2.39. The van der Waals surface area contributed by atoms with Crippen molar-refractivity contribution in [3.05, 3.63) is 24.3 Å². The van der Waals surface area contributed by atoms with Crippen molar-refractivity contribution in [1.82, 2.24) is 8.61 Å². The molecule has 1 heterocycles. The fourth-order valence-corrected chi connectivity index (χ4v) is 5.90. The van der Waals surface area contributed by atoms with Gasteiger partial charge >= 0.3 is 0 Å². The molecule has 0 aromatic heterocycles. The van der Waals surface area contributed by atoms with Crippen LogP contribution in [0.3, 0.4) is 0 Å². The second kappa shape index (κ2) is 7.19. The zero-order chi connectivity index (χ0) is 18.0. The zero-order valence-corrected chi connectivity index (χ0v) is 15.3. The Kier molecular flexibility index (Phi) is 5.65. The predicted molar refractivity (Wildman–Crippen MR) is 89.0 cm³/mol. The van der Waals surface area contributed by atoms with Crippen molar-refractivity contribution in [2.75, 3.05) is 26.7 Å². The van der Waals surface area contributed by atoms with Gasteiger partial charge in [-0.2, -0.15) is 13.9 Å². The SMILES string of the molecule is CC1CCN(S(=O)(=O)c2ccccc2S(=O)(=O)N(C)CC#N)CC1. The molecular formula is C15H21N3O4S2. The van der Waals surface area contributed by atoms with Crippen LogP contribution in [0.25, 0.3) is 0 Å². The molecule has 0 spiro atoms. The molecule has 7 nitrogen and oxygen atoms in total. The summed E-state index contributed by atoms with van der Waals surface area (Å²) >= 11 is 0. The third-order valence-corrected chi connectivity index (χ3v) is 8.14.